The van der Waals surface area contributed by atoms with Gasteiger partial charge in [0.1, 0.15) is 5.82 Å². The van der Waals surface area contributed by atoms with Crippen LogP contribution in [0.4, 0.5) is 4.39 Å². The van der Waals surface area contributed by atoms with Gasteiger partial charge in [-0.15, -0.1) is 0 Å². The van der Waals surface area contributed by atoms with Gasteiger partial charge in [-0.05, 0) is 32.8 Å². The first-order valence-corrected chi connectivity index (χ1v) is 7.29. The van der Waals surface area contributed by atoms with Gasteiger partial charge in [0, 0.05) is 12.1 Å². The van der Waals surface area contributed by atoms with E-state index in [0.29, 0.717) is 18.4 Å². The molecule has 2 rings (SSSR count). The number of rotatable bonds is 4. The summed E-state index contributed by atoms with van der Waals surface area (Å²) in [5.41, 5.74) is 2.48. The van der Waals surface area contributed by atoms with E-state index in [0.717, 1.165) is 11.1 Å². The first-order valence-electron chi connectivity index (χ1n) is 7.29. The van der Waals surface area contributed by atoms with E-state index in [1.807, 2.05) is 13.8 Å². The lowest BCUT2D eigenvalue weighted by Gasteiger charge is -2.29. The molecule has 1 aromatic rings. The Balaban J connectivity index is 2.07. The molecule has 2 atom stereocenters. The Morgan fingerprint density at radius 1 is 1.18 bits per heavy atom. The average molecular weight is 305 g/mol. The summed E-state index contributed by atoms with van der Waals surface area (Å²) in [6.07, 6.45) is 0.824. The third kappa shape index (κ3) is 3.53. The van der Waals surface area contributed by atoms with Gasteiger partial charge in [0.2, 0.25) is 5.91 Å². The number of hydrogen-bond acceptors (Lipinski definition) is 2. The molecule has 0 saturated carbocycles. The number of carboxylic acids is 1. The van der Waals surface area contributed by atoms with Crippen LogP contribution in [0, 0.1) is 17.7 Å². The molecule has 22 heavy (non-hydrogen) atoms. The van der Waals surface area contributed by atoms with Crippen LogP contribution < -0.4 is 5.32 Å². The van der Waals surface area contributed by atoms with Crippen LogP contribution in [0.15, 0.2) is 35.4 Å². The fourth-order valence-corrected chi connectivity index (χ4v) is 2.78. The van der Waals surface area contributed by atoms with E-state index in [-0.39, 0.29) is 18.3 Å². The second-order valence-corrected chi connectivity index (χ2v) is 5.83. The number of carbonyl (C=O) groups is 2. The number of halogens is 1. The van der Waals surface area contributed by atoms with E-state index < -0.39 is 17.8 Å². The van der Waals surface area contributed by atoms with Gasteiger partial charge < -0.3 is 10.4 Å². The number of carboxylic acid groups (broad SMARTS) is 1. The van der Waals surface area contributed by atoms with Crippen molar-refractivity contribution in [2.75, 3.05) is 0 Å². The summed E-state index contributed by atoms with van der Waals surface area (Å²) in [5, 5.41) is 12.0. The third-order valence-electron chi connectivity index (χ3n) is 4.33. The van der Waals surface area contributed by atoms with Crippen molar-refractivity contribution in [2.45, 2.75) is 33.2 Å². The molecule has 118 valence electrons. The maximum atomic E-state index is 13.5. The molecule has 0 heterocycles. The van der Waals surface area contributed by atoms with Crippen LogP contribution in [0.1, 0.15) is 32.3 Å². The Hall–Kier alpha value is -2.17. The molecule has 0 fully saturated rings. The lowest BCUT2D eigenvalue weighted by molar-refractivity contribution is -0.147. The zero-order valence-electron chi connectivity index (χ0n) is 12.7. The van der Waals surface area contributed by atoms with Crippen LogP contribution in [0.2, 0.25) is 0 Å². The average Bonchev–Trinajstić information content (AvgIpc) is 2.48. The zero-order valence-corrected chi connectivity index (χ0v) is 12.7. The van der Waals surface area contributed by atoms with Crippen molar-refractivity contribution >= 4 is 11.9 Å². The molecule has 1 aromatic carbocycles. The van der Waals surface area contributed by atoms with Crippen molar-refractivity contribution in [3.8, 4) is 0 Å². The minimum Gasteiger partial charge on any atom is -0.481 e. The summed E-state index contributed by atoms with van der Waals surface area (Å²) in [7, 11) is 0. The number of allylic oxidation sites excluding steroid dienone is 2. The molecule has 0 aromatic heterocycles. The highest BCUT2D eigenvalue weighted by Gasteiger charge is 2.37. The van der Waals surface area contributed by atoms with Gasteiger partial charge in [0.15, 0.2) is 0 Å². The molecule has 5 heteroatoms. The van der Waals surface area contributed by atoms with E-state index in [2.05, 4.69) is 5.32 Å². The lowest BCUT2D eigenvalue weighted by atomic mass is 9.76. The molecule has 1 amide bonds. The summed E-state index contributed by atoms with van der Waals surface area (Å²) in [6.45, 7) is 3.89. The van der Waals surface area contributed by atoms with Gasteiger partial charge in [-0.25, -0.2) is 4.39 Å². The molecule has 0 bridgehead atoms. The van der Waals surface area contributed by atoms with E-state index in [1.165, 1.54) is 6.07 Å². The minimum atomic E-state index is -0.960. The van der Waals surface area contributed by atoms with Crippen molar-refractivity contribution in [3.05, 3.63) is 46.8 Å². The number of carbonyl (C=O) groups excluding carboxylic acids is 1. The van der Waals surface area contributed by atoms with Crippen molar-refractivity contribution in [1.29, 1.82) is 0 Å². The first-order chi connectivity index (χ1) is 10.4. The highest BCUT2D eigenvalue weighted by atomic mass is 19.1. The Morgan fingerprint density at radius 2 is 1.77 bits per heavy atom. The maximum absolute atomic E-state index is 13.5. The highest BCUT2D eigenvalue weighted by Crippen LogP contribution is 2.34. The van der Waals surface area contributed by atoms with Crippen molar-refractivity contribution < 1.29 is 19.1 Å². The van der Waals surface area contributed by atoms with Gasteiger partial charge in [-0.1, -0.05) is 29.3 Å². The largest absolute Gasteiger partial charge is 0.481 e. The van der Waals surface area contributed by atoms with Crippen molar-refractivity contribution in [3.63, 3.8) is 0 Å². The van der Waals surface area contributed by atoms with E-state index in [1.54, 1.807) is 18.2 Å². The van der Waals surface area contributed by atoms with Crippen molar-refractivity contribution in [2.24, 2.45) is 11.8 Å². The molecule has 2 N–H and O–H groups in total. The lowest BCUT2D eigenvalue weighted by Crippen LogP contribution is -2.39. The van der Waals surface area contributed by atoms with Gasteiger partial charge in [-0.3, -0.25) is 9.59 Å². The summed E-state index contributed by atoms with van der Waals surface area (Å²) in [5.74, 6) is -2.99. The maximum Gasteiger partial charge on any atom is 0.307 e. The van der Waals surface area contributed by atoms with Gasteiger partial charge >= 0.3 is 5.97 Å². The summed E-state index contributed by atoms with van der Waals surface area (Å²) in [4.78, 5) is 23.7. The Morgan fingerprint density at radius 3 is 2.36 bits per heavy atom. The second kappa shape index (κ2) is 6.73. The zero-order chi connectivity index (χ0) is 16.3. The number of hydrogen-bond donors (Lipinski definition) is 2. The van der Waals surface area contributed by atoms with Gasteiger partial charge in [0.05, 0.1) is 11.8 Å². The SMILES string of the molecule is CC1=C(C)C[C@@H](C(=O)NCc2ccccc2F)[C@@H](C(=O)O)C1. The van der Waals surface area contributed by atoms with Crippen LogP contribution in [0.25, 0.3) is 0 Å². The fraction of sp³-hybridized carbons (Fsp3) is 0.412. The molecular weight excluding hydrogens is 285 g/mol. The standard InChI is InChI=1S/C17H20FNO3/c1-10-7-13(14(17(21)22)8-11(10)2)16(20)19-9-12-5-3-4-6-15(12)18/h3-6,13-14H,7-9H2,1-2H3,(H,19,20)(H,21,22)/t13-,14+/m1/s1. The third-order valence-corrected chi connectivity index (χ3v) is 4.33. The predicted molar refractivity (Wildman–Crippen MR) is 80.5 cm³/mol. The predicted octanol–water partition coefficient (Wildman–Crippen LogP) is 2.89. The molecule has 0 spiro atoms. The highest BCUT2D eigenvalue weighted by molar-refractivity contribution is 5.85. The topological polar surface area (TPSA) is 66.4 Å². The molecule has 0 aliphatic heterocycles. The number of nitrogens with one attached hydrogen (secondary N) is 1. The van der Waals surface area contributed by atoms with E-state index >= 15 is 0 Å². The van der Waals surface area contributed by atoms with Gasteiger partial charge in [0.25, 0.3) is 0 Å². The summed E-state index contributed by atoms with van der Waals surface area (Å²) in [6, 6.07) is 6.21. The van der Waals surface area contributed by atoms with Crippen molar-refractivity contribution in [1.82, 2.24) is 5.32 Å². The quantitative estimate of drug-likeness (QED) is 0.841. The van der Waals surface area contributed by atoms with Gasteiger partial charge in [-0.2, -0.15) is 0 Å². The smallest absolute Gasteiger partial charge is 0.307 e. The monoisotopic (exact) mass is 305 g/mol. The molecule has 0 unspecified atom stereocenters. The fourth-order valence-electron chi connectivity index (χ4n) is 2.78. The number of amides is 1. The van der Waals surface area contributed by atoms with E-state index in [4.69, 9.17) is 0 Å². The normalized spacial score (nSPS) is 21.6. The Kier molecular flexibility index (Phi) is 4.96. The van der Waals surface area contributed by atoms with Crippen LogP contribution in [-0.2, 0) is 16.1 Å². The first kappa shape index (κ1) is 16.2. The van der Waals surface area contributed by atoms with Crippen LogP contribution >= 0.6 is 0 Å². The molecule has 4 nitrogen and oxygen atoms in total. The summed E-state index contributed by atoms with van der Waals surface area (Å²) >= 11 is 0. The molecule has 0 radical (unpaired) electrons. The number of aliphatic carboxylic acids is 1. The molecular formula is C17H20FNO3. The Bertz CT molecular complexity index is 624. The molecule has 0 saturated heterocycles. The van der Waals surface area contributed by atoms with Crippen LogP contribution in [-0.4, -0.2) is 17.0 Å². The number of benzene rings is 1. The molecule has 1 aliphatic rings. The van der Waals surface area contributed by atoms with E-state index in [9.17, 15) is 19.1 Å². The molecule has 1 aliphatic carbocycles. The van der Waals surface area contributed by atoms with Crippen LogP contribution in [0.5, 0.6) is 0 Å². The minimum absolute atomic E-state index is 0.0656. The Labute approximate surface area is 129 Å². The summed E-state index contributed by atoms with van der Waals surface area (Å²) < 4.78 is 13.5. The van der Waals surface area contributed by atoms with Crippen LogP contribution in [0.3, 0.4) is 0 Å². The second-order valence-electron chi connectivity index (χ2n) is 5.83.